The summed E-state index contributed by atoms with van der Waals surface area (Å²) in [5, 5.41) is 9.41. The quantitative estimate of drug-likeness (QED) is 0.703. The molecule has 3 heterocycles. The van der Waals surface area contributed by atoms with Gasteiger partial charge in [-0.3, -0.25) is 9.59 Å². The molecule has 2 aromatic heterocycles. The zero-order valence-electron chi connectivity index (χ0n) is 14.7. The number of anilines is 1. The molecule has 0 atom stereocenters. The highest BCUT2D eigenvalue weighted by molar-refractivity contribution is 7.09. The van der Waals surface area contributed by atoms with Crippen LogP contribution in [0.15, 0.2) is 27.9 Å². The van der Waals surface area contributed by atoms with E-state index >= 15 is 0 Å². The SMILES string of the molecule is O=C(O)c1cn(C2CC2)c2cc(N3CCc4[nH]c(=O)sc4C3)c(F)cc2c1=O. The fourth-order valence-electron chi connectivity index (χ4n) is 3.83. The summed E-state index contributed by atoms with van der Waals surface area (Å²) < 4.78 is 16.7. The number of carboxylic acids is 1. The lowest BCUT2D eigenvalue weighted by Gasteiger charge is -2.29. The highest BCUT2D eigenvalue weighted by atomic mass is 32.1. The molecular formula is C19H16FN3O4S. The number of aromatic carboxylic acids is 1. The molecule has 5 rings (SSSR count). The Morgan fingerprint density at radius 3 is 2.79 bits per heavy atom. The number of H-pyrrole nitrogens is 1. The van der Waals surface area contributed by atoms with Crippen molar-refractivity contribution in [3.05, 3.63) is 60.2 Å². The average Bonchev–Trinajstić information content (AvgIpc) is 3.42. The van der Waals surface area contributed by atoms with Gasteiger partial charge in [0.05, 0.1) is 17.7 Å². The number of fused-ring (bicyclic) bond motifs is 2. The Balaban J connectivity index is 1.67. The Morgan fingerprint density at radius 1 is 1.29 bits per heavy atom. The first-order chi connectivity index (χ1) is 13.4. The summed E-state index contributed by atoms with van der Waals surface area (Å²) in [6.45, 7) is 0.963. The second-order valence-electron chi connectivity index (χ2n) is 7.22. The van der Waals surface area contributed by atoms with E-state index in [0.717, 1.165) is 40.8 Å². The molecule has 0 unspecified atom stereocenters. The van der Waals surface area contributed by atoms with Crippen LogP contribution in [-0.4, -0.2) is 27.2 Å². The lowest BCUT2D eigenvalue weighted by molar-refractivity contribution is 0.0695. The average molecular weight is 401 g/mol. The summed E-state index contributed by atoms with van der Waals surface area (Å²) in [5.41, 5.74) is 0.784. The van der Waals surface area contributed by atoms with Gasteiger partial charge in [-0.1, -0.05) is 11.3 Å². The first kappa shape index (κ1) is 17.2. The zero-order chi connectivity index (χ0) is 19.6. The van der Waals surface area contributed by atoms with E-state index in [9.17, 15) is 23.9 Å². The predicted octanol–water partition coefficient (Wildman–Crippen LogP) is 2.49. The van der Waals surface area contributed by atoms with E-state index < -0.39 is 17.2 Å². The Labute approximate surface area is 161 Å². The molecule has 0 saturated heterocycles. The van der Waals surface area contributed by atoms with E-state index in [1.165, 1.54) is 6.20 Å². The molecule has 1 aromatic carbocycles. The highest BCUT2D eigenvalue weighted by Crippen LogP contribution is 2.38. The summed E-state index contributed by atoms with van der Waals surface area (Å²) in [4.78, 5) is 41.0. The molecule has 1 aliphatic heterocycles. The summed E-state index contributed by atoms with van der Waals surface area (Å²) in [5.74, 6) is -1.88. The van der Waals surface area contributed by atoms with E-state index in [0.29, 0.717) is 30.7 Å². The van der Waals surface area contributed by atoms with Crippen molar-refractivity contribution in [2.45, 2.75) is 31.8 Å². The van der Waals surface area contributed by atoms with Crippen molar-refractivity contribution in [2.75, 3.05) is 11.4 Å². The second-order valence-corrected chi connectivity index (χ2v) is 8.29. The van der Waals surface area contributed by atoms with Crippen LogP contribution in [0.4, 0.5) is 10.1 Å². The maximum absolute atomic E-state index is 14.9. The number of aromatic nitrogens is 2. The number of nitrogens with one attached hydrogen (secondary N) is 1. The molecule has 0 spiro atoms. The molecule has 28 heavy (non-hydrogen) atoms. The van der Waals surface area contributed by atoms with Crippen molar-refractivity contribution < 1.29 is 14.3 Å². The number of pyridine rings is 1. The fourth-order valence-corrected chi connectivity index (χ4v) is 4.73. The van der Waals surface area contributed by atoms with Gasteiger partial charge in [0.1, 0.15) is 11.4 Å². The maximum atomic E-state index is 14.9. The number of carboxylic acid groups (broad SMARTS) is 1. The van der Waals surface area contributed by atoms with Crippen LogP contribution >= 0.6 is 11.3 Å². The number of rotatable bonds is 3. The molecule has 1 fully saturated rings. The first-order valence-electron chi connectivity index (χ1n) is 9.00. The van der Waals surface area contributed by atoms with Crippen molar-refractivity contribution in [1.29, 1.82) is 0 Å². The molecule has 144 valence electrons. The molecule has 2 N–H and O–H groups in total. The molecule has 2 aliphatic rings. The molecule has 1 saturated carbocycles. The van der Waals surface area contributed by atoms with Crippen LogP contribution in [-0.2, 0) is 13.0 Å². The highest BCUT2D eigenvalue weighted by Gasteiger charge is 2.28. The normalized spacial score (nSPS) is 16.4. The van der Waals surface area contributed by atoms with Crippen molar-refractivity contribution in [1.82, 2.24) is 9.55 Å². The zero-order valence-corrected chi connectivity index (χ0v) is 15.5. The van der Waals surface area contributed by atoms with Crippen LogP contribution in [0.2, 0.25) is 0 Å². The first-order valence-corrected chi connectivity index (χ1v) is 9.81. The van der Waals surface area contributed by atoms with Crippen LogP contribution < -0.4 is 15.2 Å². The molecular weight excluding hydrogens is 385 g/mol. The van der Waals surface area contributed by atoms with Gasteiger partial charge in [0.25, 0.3) is 0 Å². The van der Waals surface area contributed by atoms with E-state index in [1.54, 1.807) is 10.6 Å². The molecule has 0 amide bonds. The third-order valence-electron chi connectivity index (χ3n) is 5.38. The minimum Gasteiger partial charge on any atom is -0.477 e. The number of hydrogen-bond acceptors (Lipinski definition) is 5. The van der Waals surface area contributed by atoms with Gasteiger partial charge in [0.2, 0.25) is 5.43 Å². The Hall–Kier alpha value is -2.94. The van der Waals surface area contributed by atoms with Crippen LogP contribution in [0.5, 0.6) is 0 Å². The monoisotopic (exact) mass is 401 g/mol. The molecule has 1 aliphatic carbocycles. The lowest BCUT2D eigenvalue weighted by Crippen LogP contribution is -2.30. The molecule has 7 nitrogen and oxygen atoms in total. The largest absolute Gasteiger partial charge is 0.477 e. The topological polar surface area (TPSA) is 95.4 Å². The minimum absolute atomic E-state index is 0.0806. The smallest absolute Gasteiger partial charge is 0.341 e. The number of nitrogens with zero attached hydrogens (tertiary/aromatic N) is 2. The van der Waals surface area contributed by atoms with Gasteiger partial charge in [-0.15, -0.1) is 0 Å². The van der Waals surface area contributed by atoms with Gasteiger partial charge < -0.3 is 19.6 Å². The lowest BCUT2D eigenvalue weighted by atomic mass is 10.1. The number of halogens is 1. The van der Waals surface area contributed by atoms with Gasteiger partial charge >= 0.3 is 10.8 Å². The third kappa shape index (κ3) is 2.65. The number of thiazole rings is 1. The van der Waals surface area contributed by atoms with Gasteiger partial charge in [-0.2, -0.15) is 0 Å². The maximum Gasteiger partial charge on any atom is 0.341 e. The van der Waals surface area contributed by atoms with Crippen molar-refractivity contribution in [3.8, 4) is 0 Å². The van der Waals surface area contributed by atoms with E-state index in [4.69, 9.17) is 0 Å². The van der Waals surface area contributed by atoms with E-state index in [2.05, 4.69) is 4.98 Å². The van der Waals surface area contributed by atoms with Gasteiger partial charge in [0, 0.05) is 41.2 Å². The Kier molecular flexibility index (Phi) is 3.70. The number of benzene rings is 1. The van der Waals surface area contributed by atoms with Gasteiger partial charge in [-0.05, 0) is 25.0 Å². The van der Waals surface area contributed by atoms with Crippen molar-refractivity contribution in [2.24, 2.45) is 0 Å². The summed E-state index contributed by atoms with van der Waals surface area (Å²) >= 11 is 1.13. The second kappa shape index (κ2) is 6.03. The van der Waals surface area contributed by atoms with E-state index in [1.807, 2.05) is 4.90 Å². The molecule has 0 bridgehead atoms. The third-order valence-corrected chi connectivity index (χ3v) is 6.29. The van der Waals surface area contributed by atoms with Crippen molar-refractivity contribution in [3.63, 3.8) is 0 Å². The molecule has 3 aromatic rings. The number of carbonyl (C=O) groups is 1. The Morgan fingerprint density at radius 2 is 2.07 bits per heavy atom. The minimum atomic E-state index is -1.31. The Bertz CT molecular complexity index is 1250. The van der Waals surface area contributed by atoms with Crippen molar-refractivity contribution >= 4 is 33.9 Å². The van der Waals surface area contributed by atoms with Crippen LogP contribution in [0.3, 0.4) is 0 Å². The van der Waals surface area contributed by atoms with Gasteiger partial charge in [0.15, 0.2) is 0 Å². The standard InChI is InChI=1S/C19H16FN3O4S/c20-12-5-10-14(23(9-1-2-9)7-11(17(10)24)18(25)26)6-15(12)22-4-3-13-16(8-22)28-19(27)21-13/h5-7,9H,1-4,8H2,(H,21,27)(H,25,26). The van der Waals surface area contributed by atoms with Crippen LogP contribution in [0.1, 0.15) is 39.8 Å². The summed E-state index contributed by atoms with van der Waals surface area (Å²) in [6.07, 6.45) is 3.78. The fraction of sp³-hybridized carbons (Fsp3) is 0.316. The van der Waals surface area contributed by atoms with Gasteiger partial charge in [-0.25, -0.2) is 9.18 Å². The number of hydrogen-bond donors (Lipinski definition) is 2. The molecule has 0 radical (unpaired) electrons. The summed E-state index contributed by atoms with van der Waals surface area (Å²) in [7, 11) is 0. The summed E-state index contributed by atoms with van der Waals surface area (Å²) in [6, 6.07) is 2.91. The molecule has 9 heteroatoms. The van der Waals surface area contributed by atoms with E-state index in [-0.39, 0.29) is 21.9 Å². The predicted molar refractivity (Wildman–Crippen MR) is 103 cm³/mol. The van der Waals surface area contributed by atoms with Crippen LogP contribution in [0.25, 0.3) is 10.9 Å². The number of aromatic amines is 1. The van der Waals surface area contributed by atoms with Crippen LogP contribution in [0, 0.1) is 5.82 Å².